The maximum atomic E-state index is 10.9. The van der Waals surface area contributed by atoms with Gasteiger partial charge in [0.25, 0.3) is 5.69 Å². The Morgan fingerprint density at radius 1 is 1.38 bits per heavy atom. The fraction of sp³-hybridized carbons (Fsp3) is 0.412. The Kier molecular flexibility index (Phi) is 5.24. The van der Waals surface area contributed by atoms with Gasteiger partial charge < -0.3 is 14.3 Å². The van der Waals surface area contributed by atoms with Crippen LogP contribution in [-0.2, 0) is 24.3 Å². The van der Waals surface area contributed by atoms with Crippen LogP contribution in [-0.4, -0.2) is 40.7 Å². The van der Waals surface area contributed by atoms with E-state index in [2.05, 4.69) is 4.90 Å². The van der Waals surface area contributed by atoms with Crippen LogP contribution in [0.25, 0.3) is 0 Å². The minimum atomic E-state index is -0.611. The normalized spacial score (nSPS) is 15.9. The van der Waals surface area contributed by atoms with Crippen molar-refractivity contribution < 1.29 is 19.2 Å². The van der Waals surface area contributed by atoms with Gasteiger partial charge in [0.15, 0.2) is 0 Å². The molecule has 1 atom stereocenters. The number of hydrogen-bond donors (Lipinski definition) is 1. The first-order valence-corrected chi connectivity index (χ1v) is 7.88. The van der Waals surface area contributed by atoms with Crippen LogP contribution >= 0.6 is 0 Å². The van der Waals surface area contributed by atoms with E-state index in [4.69, 9.17) is 9.15 Å². The first-order valence-electron chi connectivity index (χ1n) is 7.88. The van der Waals surface area contributed by atoms with Crippen molar-refractivity contribution >= 4 is 5.69 Å². The van der Waals surface area contributed by atoms with Crippen molar-refractivity contribution in [3.63, 3.8) is 0 Å². The third-order valence-electron chi connectivity index (χ3n) is 4.10. The van der Waals surface area contributed by atoms with Crippen molar-refractivity contribution in [2.24, 2.45) is 0 Å². The number of benzene rings is 1. The van der Waals surface area contributed by atoms with Crippen LogP contribution in [0.15, 0.2) is 41.0 Å². The highest BCUT2D eigenvalue weighted by atomic mass is 16.6. The first kappa shape index (κ1) is 16.6. The smallest absolute Gasteiger partial charge is 0.269 e. The van der Waals surface area contributed by atoms with E-state index in [0.717, 1.165) is 29.9 Å². The summed E-state index contributed by atoms with van der Waals surface area (Å²) in [6.45, 7) is 2.45. The summed E-state index contributed by atoms with van der Waals surface area (Å²) in [6, 6.07) is 8.61. The molecule has 128 valence electrons. The van der Waals surface area contributed by atoms with E-state index >= 15 is 0 Å². The third kappa shape index (κ3) is 4.19. The zero-order valence-corrected chi connectivity index (χ0v) is 13.3. The fourth-order valence-electron chi connectivity index (χ4n) is 2.91. The summed E-state index contributed by atoms with van der Waals surface area (Å²) in [5.74, 6) is 0.724. The monoisotopic (exact) mass is 332 g/mol. The predicted octanol–water partition coefficient (Wildman–Crippen LogP) is 2.12. The van der Waals surface area contributed by atoms with E-state index in [1.807, 2.05) is 12.1 Å². The number of rotatable bonds is 7. The minimum Gasteiger partial charge on any atom is -0.467 e. The fourth-order valence-corrected chi connectivity index (χ4v) is 2.91. The number of nitrogens with zero attached hydrogens (tertiary/aromatic N) is 2. The highest BCUT2D eigenvalue weighted by molar-refractivity contribution is 5.41. The van der Waals surface area contributed by atoms with Crippen molar-refractivity contribution in [2.45, 2.75) is 25.7 Å². The Balaban J connectivity index is 1.49. The van der Waals surface area contributed by atoms with Gasteiger partial charge in [-0.15, -0.1) is 0 Å². The van der Waals surface area contributed by atoms with Gasteiger partial charge in [0.05, 0.1) is 23.9 Å². The average molecular weight is 332 g/mol. The molecule has 2 heterocycles. The topological polar surface area (TPSA) is 89.0 Å². The average Bonchev–Trinajstić information content (AvgIpc) is 3.07. The molecule has 1 aliphatic heterocycles. The number of fused-ring (bicyclic) bond motifs is 1. The van der Waals surface area contributed by atoms with E-state index in [9.17, 15) is 15.2 Å². The predicted molar refractivity (Wildman–Crippen MR) is 86.4 cm³/mol. The van der Waals surface area contributed by atoms with E-state index in [-0.39, 0.29) is 17.2 Å². The van der Waals surface area contributed by atoms with Crippen LogP contribution < -0.4 is 0 Å². The Labute approximate surface area is 139 Å². The van der Waals surface area contributed by atoms with Crippen molar-refractivity contribution in [3.05, 3.63) is 63.6 Å². The Morgan fingerprint density at radius 3 is 3.00 bits per heavy atom. The van der Waals surface area contributed by atoms with E-state index in [1.165, 1.54) is 0 Å². The van der Waals surface area contributed by atoms with Gasteiger partial charge >= 0.3 is 0 Å². The van der Waals surface area contributed by atoms with Crippen LogP contribution in [0.2, 0.25) is 0 Å². The van der Waals surface area contributed by atoms with E-state index < -0.39 is 6.10 Å². The molecule has 7 heteroatoms. The highest BCUT2D eigenvalue weighted by Gasteiger charge is 2.21. The molecule has 7 nitrogen and oxygen atoms in total. The molecule has 1 unspecified atom stereocenters. The molecule has 3 rings (SSSR count). The number of aliphatic hydroxyl groups excluding tert-OH is 1. The number of ether oxygens (including phenoxy) is 1. The summed E-state index contributed by atoms with van der Waals surface area (Å²) >= 11 is 0. The molecule has 0 bridgehead atoms. The summed E-state index contributed by atoms with van der Waals surface area (Å²) in [5.41, 5.74) is 2.21. The van der Waals surface area contributed by atoms with Crippen LogP contribution in [0.5, 0.6) is 0 Å². The summed E-state index contributed by atoms with van der Waals surface area (Å²) in [5, 5.41) is 21.0. The van der Waals surface area contributed by atoms with Crippen molar-refractivity contribution in [3.8, 4) is 0 Å². The molecular weight excluding hydrogens is 312 g/mol. The number of hydrogen-bond acceptors (Lipinski definition) is 6. The number of non-ortho nitro benzene ring substituents is 1. The summed E-state index contributed by atoms with van der Waals surface area (Å²) in [4.78, 5) is 12.6. The first-order chi connectivity index (χ1) is 11.6. The van der Waals surface area contributed by atoms with Crippen molar-refractivity contribution in [1.82, 2.24) is 4.90 Å². The van der Waals surface area contributed by atoms with Crippen LogP contribution in [0.3, 0.4) is 0 Å². The number of aliphatic hydroxyl groups is 1. The van der Waals surface area contributed by atoms with Crippen LogP contribution in [0.1, 0.15) is 16.9 Å². The van der Waals surface area contributed by atoms with E-state index in [1.54, 1.807) is 24.5 Å². The SMILES string of the molecule is O=[N+]([O-])c1ccc2c(c1)CN(CC(O)COCc1ccco1)CC2. The molecule has 1 aromatic heterocycles. The lowest BCUT2D eigenvalue weighted by molar-refractivity contribution is -0.385. The van der Waals surface area contributed by atoms with Gasteiger partial charge in [0, 0.05) is 31.8 Å². The second-order valence-corrected chi connectivity index (χ2v) is 5.94. The second-order valence-electron chi connectivity index (χ2n) is 5.94. The second kappa shape index (κ2) is 7.57. The molecule has 1 N–H and O–H groups in total. The number of nitro groups is 1. The molecule has 0 saturated carbocycles. The zero-order valence-electron chi connectivity index (χ0n) is 13.3. The van der Waals surface area contributed by atoms with E-state index in [0.29, 0.717) is 19.7 Å². The summed E-state index contributed by atoms with van der Waals surface area (Å²) < 4.78 is 10.6. The minimum absolute atomic E-state index is 0.109. The molecule has 0 aliphatic carbocycles. The van der Waals surface area contributed by atoms with Gasteiger partial charge in [0.2, 0.25) is 0 Å². The zero-order chi connectivity index (χ0) is 16.9. The summed E-state index contributed by atoms with van der Waals surface area (Å²) in [7, 11) is 0. The molecule has 0 spiro atoms. The molecule has 0 radical (unpaired) electrons. The molecule has 2 aromatic rings. The standard InChI is InChI=1S/C17H20N2O5/c20-16(11-23-12-17-2-1-7-24-17)10-18-6-5-13-3-4-15(19(21)22)8-14(13)9-18/h1-4,7-8,16,20H,5-6,9-12H2. The summed E-state index contributed by atoms with van der Waals surface area (Å²) in [6.07, 6.45) is 1.80. The molecule has 1 aromatic carbocycles. The van der Waals surface area contributed by atoms with Gasteiger partial charge in [0.1, 0.15) is 12.4 Å². The van der Waals surface area contributed by atoms with Crippen LogP contribution in [0.4, 0.5) is 5.69 Å². The van der Waals surface area contributed by atoms with Gasteiger partial charge in [-0.1, -0.05) is 6.07 Å². The largest absolute Gasteiger partial charge is 0.467 e. The Bertz CT molecular complexity index is 686. The quantitative estimate of drug-likeness (QED) is 0.617. The Hall–Kier alpha value is -2.22. The molecule has 0 saturated heterocycles. The number of β-amino-alcohol motifs (C(OH)–C–C–N with tert-alkyl or cyclic N) is 1. The molecule has 0 amide bonds. The number of furan rings is 1. The van der Waals surface area contributed by atoms with Crippen molar-refractivity contribution in [1.29, 1.82) is 0 Å². The van der Waals surface area contributed by atoms with Gasteiger partial charge in [-0.3, -0.25) is 15.0 Å². The van der Waals surface area contributed by atoms with Crippen LogP contribution in [0, 0.1) is 10.1 Å². The van der Waals surface area contributed by atoms with Gasteiger partial charge in [-0.25, -0.2) is 0 Å². The maximum Gasteiger partial charge on any atom is 0.269 e. The Morgan fingerprint density at radius 2 is 2.25 bits per heavy atom. The number of nitro benzene ring substituents is 1. The lowest BCUT2D eigenvalue weighted by atomic mass is 9.99. The highest BCUT2D eigenvalue weighted by Crippen LogP contribution is 2.23. The molecule has 1 aliphatic rings. The molecular formula is C17H20N2O5. The van der Waals surface area contributed by atoms with Crippen molar-refractivity contribution in [2.75, 3.05) is 19.7 Å². The lowest BCUT2D eigenvalue weighted by Crippen LogP contribution is -2.38. The molecule has 24 heavy (non-hydrogen) atoms. The lowest BCUT2D eigenvalue weighted by Gasteiger charge is -2.30. The van der Waals surface area contributed by atoms with Gasteiger partial charge in [-0.05, 0) is 29.7 Å². The molecule has 0 fully saturated rings. The van der Waals surface area contributed by atoms with Gasteiger partial charge in [-0.2, -0.15) is 0 Å². The maximum absolute atomic E-state index is 10.9. The third-order valence-corrected chi connectivity index (χ3v) is 4.10.